The first-order chi connectivity index (χ1) is 11.8. The van der Waals surface area contributed by atoms with Crippen LogP contribution in [0.15, 0.2) is 24.3 Å². The van der Waals surface area contributed by atoms with Gasteiger partial charge in [-0.2, -0.15) is 0 Å². The van der Waals surface area contributed by atoms with Gasteiger partial charge in [-0.05, 0) is 64.8 Å². The molecule has 1 atom stereocenters. The van der Waals surface area contributed by atoms with E-state index in [1.165, 1.54) is 0 Å². The first-order valence-corrected chi connectivity index (χ1v) is 9.38. The van der Waals surface area contributed by atoms with E-state index in [-0.39, 0.29) is 12.1 Å². The summed E-state index contributed by atoms with van der Waals surface area (Å²) in [6.07, 6.45) is 2.66. The lowest BCUT2D eigenvalue weighted by Crippen LogP contribution is -2.51. The van der Waals surface area contributed by atoms with E-state index in [0.717, 1.165) is 43.1 Å². The number of amides is 1. The maximum absolute atomic E-state index is 12.4. The van der Waals surface area contributed by atoms with Crippen molar-refractivity contribution in [2.24, 2.45) is 5.73 Å². The van der Waals surface area contributed by atoms with Gasteiger partial charge in [-0.15, -0.1) is 0 Å². The van der Waals surface area contributed by atoms with Crippen molar-refractivity contribution in [1.29, 1.82) is 0 Å². The second-order valence-electron chi connectivity index (χ2n) is 7.54. The van der Waals surface area contributed by atoms with Crippen molar-refractivity contribution < 1.29 is 9.53 Å². The summed E-state index contributed by atoms with van der Waals surface area (Å²) in [7, 11) is 0. The van der Waals surface area contributed by atoms with E-state index >= 15 is 0 Å². The van der Waals surface area contributed by atoms with Gasteiger partial charge in [0.25, 0.3) is 0 Å². The topological polar surface area (TPSA) is 58.8 Å². The highest BCUT2D eigenvalue weighted by Crippen LogP contribution is 2.26. The average Bonchev–Trinajstić information content (AvgIpc) is 2.54. The quantitative estimate of drug-likeness (QED) is 0.857. The summed E-state index contributed by atoms with van der Waals surface area (Å²) in [6.45, 7) is 8.57. The summed E-state index contributed by atoms with van der Waals surface area (Å²) in [6, 6.07) is 8.12. The number of nitrogens with zero attached hydrogens (tertiary/aromatic N) is 2. The smallest absolute Gasteiger partial charge is 0.410 e. The normalized spacial score (nSPS) is 18.1. The second kappa shape index (κ2) is 8.77. The zero-order valence-electron chi connectivity index (χ0n) is 15.5. The summed E-state index contributed by atoms with van der Waals surface area (Å²) in [5.74, 6) is 0. The van der Waals surface area contributed by atoms with Crippen LogP contribution in [0.1, 0.15) is 40.0 Å². The van der Waals surface area contributed by atoms with Crippen molar-refractivity contribution in [1.82, 2.24) is 4.90 Å². The molecule has 25 heavy (non-hydrogen) atoms. The van der Waals surface area contributed by atoms with Gasteiger partial charge < -0.3 is 20.3 Å². The third-order valence-electron chi connectivity index (χ3n) is 4.23. The number of carbonyl (C=O) groups excluding carboxylic acids is 1. The predicted octanol–water partition coefficient (Wildman–Crippen LogP) is 3.89. The largest absolute Gasteiger partial charge is 0.444 e. The molecule has 1 aliphatic rings. The Labute approximate surface area is 156 Å². The fourth-order valence-corrected chi connectivity index (χ4v) is 3.32. The van der Waals surface area contributed by atoms with E-state index in [4.69, 9.17) is 22.1 Å². The van der Waals surface area contributed by atoms with Crippen LogP contribution in [0, 0.1) is 0 Å². The molecule has 1 saturated heterocycles. The second-order valence-corrected chi connectivity index (χ2v) is 7.97. The van der Waals surface area contributed by atoms with Crippen LogP contribution in [0.2, 0.25) is 5.02 Å². The van der Waals surface area contributed by atoms with Crippen LogP contribution in [0.5, 0.6) is 0 Å². The maximum atomic E-state index is 12.4. The molecule has 1 fully saturated rings. The van der Waals surface area contributed by atoms with E-state index < -0.39 is 5.60 Å². The van der Waals surface area contributed by atoms with E-state index in [9.17, 15) is 4.79 Å². The van der Waals surface area contributed by atoms with Crippen LogP contribution >= 0.6 is 11.6 Å². The fourth-order valence-electron chi connectivity index (χ4n) is 3.14. The molecule has 1 unspecified atom stereocenters. The Bertz CT molecular complexity index is 574. The molecule has 5 nitrogen and oxygen atoms in total. The Hall–Kier alpha value is -1.46. The third-order valence-corrected chi connectivity index (χ3v) is 4.47. The lowest BCUT2D eigenvalue weighted by Gasteiger charge is -2.41. The number of hydrogen-bond donors (Lipinski definition) is 1. The monoisotopic (exact) mass is 367 g/mol. The van der Waals surface area contributed by atoms with Crippen LogP contribution in [-0.2, 0) is 4.74 Å². The number of benzene rings is 1. The number of ether oxygens (including phenoxy) is 1. The zero-order chi connectivity index (χ0) is 18.4. The van der Waals surface area contributed by atoms with Crippen molar-refractivity contribution in [3.63, 3.8) is 0 Å². The molecular weight excluding hydrogens is 338 g/mol. The van der Waals surface area contributed by atoms with Gasteiger partial charge >= 0.3 is 6.09 Å². The average molecular weight is 368 g/mol. The number of likely N-dealkylation sites (tertiary alicyclic amines) is 1. The summed E-state index contributed by atoms with van der Waals surface area (Å²) < 4.78 is 5.54. The molecule has 2 rings (SSSR count). The first kappa shape index (κ1) is 19.9. The van der Waals surface area contributed by atoms with Gasteiger partial charge in [-0.1, -0.05) is 17.7 Å². The molecule has 1 heterocycles. The standard InChI is InChI=1S/C19H30ClN3O2/c1-19(2,3)25-18(24)22-11-5-9-17(14-22)23(12-6-10-21)16-8-4-7-15(20)13-16/h4,7-8,13,17H,5-6,9-12,14,21H2,1-3H3. The summed E-state index contributed by atoms with van der Waals surface area (Å²) >= 11 is 6.18. The lowest BCUT2D eigenvalue weighted by atomic mass is 10.0. The van der Waals surface area contributed by atoms with Crippen LogP contribution < -0.4 is 10.6 Å². The first-order valence-electron chi connectivity index (χ1n) is 9.00. The minimum absolute atomic E-state index is 0.234. The minimum atomic E-state index is -0.476. The number of piperidine rings is 1. The molecule has 140 valence electrons. The Balaban J connectivity index is 2.12. The third kappa shape index (κ3) is 6.08. The SMILES string of the molecule is CC(C)(C)OC(=O)N1CCCC(N(CCCN)c2cccc(Cl)c2)C1. The summed E-state index contributed by atoms with van der Waals surface area (Å²) in [5, 5.41) is 0.718. The van der Waals surface area contributed by atoms with Crippen molar-refractivity contribution in [3.05, 3.63) is 29.3 Å². The van der Waals surface area contributed by atoms with Crippen molar-refractivity contribution in [2.75, 3.05) is 31.1 Å². The van der Waals surface area contributed by atoms with Gasteiger partial charge in [0.2, 0.25) is 0 Å². The Kier molecular flexibility index (Phi) is 6.96. The molecule has 1 aliphatic heterocycles. The van der Waals surface area contributed by atoms with Crippen LogP contribution in [0.3, 0.4) is 0 Å². The molecule has 6 heteroatoms. The summed E-state index contributed by atoms with van der Waals surface area (Å²) in [5.41, 5.74) is 6.33. The van der Waals surface area contributed by atoms with E-state index in [1.54, 1.807) is 0 Å². The lowest BCUT2D eigenvalue weighted by molar-refractivity contribution is 0.0198. The zero-order valence-corrected chi connectivity index (χ0v) is 16.3. The Morgan fingerprint density at radius 1 is 1.44 bits per heavy atom. The van der Waals surface area contributed by atoms with E-state index in [1.807, 2.05) is 43.9 Å². The number of hydrogen-bond acceptors (Lipinski definition) is 4. The fraction of sp³-hybridized carbons (Fsp3) is 0.632. The number of rotatable bonds is 5. The number of nitrogens with two attached hydrogens (primary N) is 1. The van der Waals surface area contributed by atoms with Gasteiger partial charge in [-0.3, -0.25) is 0 Å². The van der Waals surface area contributed by atoms with E-state index in [2.05, 4.69) is 11.0 Å². The highest BCUT2D eigenvalue weighted by atomic mass is 35.5. The molecule has 0 bridgehead atoms. The molecule has 0 radical (unpaired) electrons. The van der Waals surface area contributed by atoms with Crippen LogP contribution in [-0.4, -0.2) is 48.8 Å². The molecule has 0 spiro atoms. The molecule has 2 N–H and O–H groups in total. The minimum Gasteiger partial charge on any atom is -0.444 e. The highest BCUT2D eigenvalue weighted by molar-refractivity contribution is 6.30. The molecule has 0 aliphatic carbocycles. The molecule has 0 aromatic heterocycles. The number of anilines is 1. The van der Waals surface area contributed by atoms with Crippen LogP contribution in [0.25, 0.3) is 0 Å². The maximum Gasteiger partial charge on any atom is 0.410 e. The number of carbonyl (C=O) groups is 1. The molecule has 0 saturated carbocycles. The molecular formula is C19H30ClN3O2. The Morgan fingerprint density at radius 3 is 2.84 bits per heavy atom. The number of halogens is 1. The van der Waals surface area contributed by atoms with Gasteiger partial charge in [0.1, 0.15) is 5.60 Å². The van der Waals surface area contributed by atoms with E-state index in [0.29, 0.717) is 13.1 Å². The summed E-state index contributed by atoms with van der Waals surface area (Å²) in [4.78, 5) is 16.6. The van der Waals surface area contributed by atoms with Gasteiger partial charge in [0.05, 0.1) is 0 Å². The molecule has 1 aromatic carbocycles. The van der Waals surface area contributed by atoms with Crippen molar-refractivity contribution in [2.45, 2.75) is 51.7 Å². The van der Waals surface area contributed by atoms with Gasteiger partial charge in [0, 0.05) is 36.4 Å². The van der Waals surface area contributed by atoms with Crippen LogP contribution in [0.4, 0.5) is 10.5 Å². The molecule has 1 aromatic rings. The predicted molar refractivity (Wildman–Crippen MR) is 103 cm³/mol. The molecule has 1 amide bonds. The van der Waals surface area contributed by atoms with Gasteiger partial charge in [-0.25, -0.2) is 4.79 Å². The van der Waals surface area contributed by atoms with Crippen molar-refractivity contribution >= 4 is 23.4 Å². The highest BCUT2D eigenvalue weighted by Gasteiger charge is 2.30. The Morgan fingerprint density at radius 2 is 2.20 bits per heavy atom. The van der Waals surface area contributed by atoms with Crippen molar-refractivity contribution in [3.8, 4) is 0 Å². The van der Waals surface area contributed by atoms with Gasteiger partial charge in [0.15, 0.2) is 0 Å².